The van der Waals surface area contributed by atoms with E-state index < -0.39 is 29.6 Å². The van der Waals surface area contributed by atoms with E-state index in [1.165, 1.54) is 0 Å². The van der Waals surface area contributed by atoms with Gasteiger partial charge in [-0.2, -0.15) is 0 Å². The van der Waals surface area contributed by atoms with E-state index in [-0.39, 0.29) is 17.2 Å². The molecule has 0 radical (unpaired) electrons. The zero-order valence-corrected chi connectivity index (χ0v) is 16.0. The van der Waals surface area contributed by atoms with E-state index >= 15 is 0 Å². The molecule has 0 saturated carbocycles. The number of carboxylic acid groups (broad SMARTS) is 1. The highest BCUT2D eigenvalue weighted by Crippen LogP contribution is 2.18. The number of nitrogens with one attached hydrogen (secondary N) is 2. The molecule has 0 aliphatic rings. The largest absolute Gasteiger partial charge is 0.478 e. The minimum absolute atomic E-state index is 0.0862. The van der Waals surface area contributed by atoms with Crippen molar-refractivity contribution >= 4 is 23.5 Å². The molecule has 1 atom stereocenters. The van der Waals surface area contributed by atoms with Crippen LogP contribution in [0.5, 0.6) is 0 Å². The summed E-state index contributed by atoms with van der Waals surface area (Å²) in [6.45, 7) is 5.58. The minimum atomic E-state index is -1.23. The van der Waals surface area contributed by atoms with Gasteiger partial charge in [-0.15, -0.1) is 0 Å². The molecule has 0 aliphatic carbocycles. The number of anilines is 1. The van der Waals surface area contributed by atoms with Crippen molar-refractivity contribution in [3.8, 4) is 0 Å². The second kappa shape index (κ2) is 9.12. The lowest BCUT2D eigenvalue weighted by atomic mass is 10.0. The molecule has 3 N–H and O–H groups in total. The molecular weight excluding hydrogens is 363 g/mol. The number of benzene rings is 2. The summed E-state index contributed by atoms with van der Waals surface area (Å²) in [4.78, 5) is 36.3. The second-order valence-corrected chi connectivity index (χ2v) is 6.96. The monoisotopic (exact) mass is 386 g/mol. The lowest BCUT2D eigenvalue weighted by molar-refractivity contribution is -0.118. The van der Waals surface area contributed by atoms with E-state index in [1.54, 1.807) is 25.1 Å². The maximum Gasteiger partial charge on any atom is 0.335 e. The third-order valence-electron chi connectivity index (χ3n) is 4.19. The average molecular weight is 386 g/mol. The van der Waals surface area contributed by atoms with Gasteiger partial charge in [0.15, 0.2) is 0 Å². The van der Waals surface area contributed by atoms with Gasteiger partial charge < -0.3 is 15.7 Å². The van der Waals surface area contributed by atoms with Crippen molar-refractivity contribution in [2.24, 2.45) is 5.92 Å². The molecule has 6 nitrogen and oxygen atoms in total. The summed E-state index contributed by atoms with van der Waals surface area (Å²) in [5, 5.41) is 14.1. The predicted molar refractivity (Wildman–Crippen MR) is 104 cm³/mol. The number of hydrogen-bond donors (Lipinski definition) is 3. The normalized spacial score (nSPS) is 11.8. The van der Waals surface area contributed by atoms with Gasteiger partial charge in [-0.3, -0.25) is 9.59 Å². The van der Waals surface area contributed by atoms with Gasteiger partial charge in [-0.1, -0.05) is 32.0 Å². The standard InChI is InChI=1S/C21H23FN2O4/c1-12(2)10-18(24-19(25)15-7-5-4-6-13(15)3)20(26)23-17-11-14(21(27)28)8-9-16(17)22/h4-9,11-12,18H,10H2,1-3H3,(H,23,26)(H,24,25)(H,27,28). The van der Waals surface area contributed by atoms with Gasteiger partial charge in [0.25, 0.3) is 5.91 Å². The Morgan fingerprint density at radius 2 is 1.79 bits per heavy atom. The van der Waals surface area contributed by atoms with Crippen molar-refractivity contribution in [2.45, 2.75) is 33.2 Å². The number of aromatic carboxylic acids is 1. The van der Waals surface area contributed by atoms with Crippen molar-refractivity contribution in [1.29, 1.82) is 0 Å². The van der Waals surface area contributed by atoms with E-state index in [2.05, 4.69) is 10.6 Å². The summed E-state index contributed by atoms with van der Waals surface area (Å²) in [6.07, 6.45) is 0.337. The molecule has 28 heavy (non-hydrogen) atoms. The number of carboxylic acids is 1. The van der Waals surface area contributed by atoms with Gasteiger partial charge in [0, 0.05) is 5.56 Å². The van der Waals surface area contributed by atoms with E-state index in [1.807, 2.05) is 19.9 Å². The number of carbonyl (C=O) groups is 3. The first-order chi connectivity index (χ1) is 13.2. The van der Waals surface area contributed by atoms with Crippen LogP contribution in [0.2, 0.25) is 0 Å². The van der Waals surface area contributed by atoms with Gasteiger partial charge in [-0.25, -0.2) is 9.18 Å². The van der Waals surface area contributed by atoms with Crippen LogP contribution in [0.15, 0.2) is 42.5 Å². The molecule has 0 aliphatic heterocycles. The number of hydrogen-bond acceptors (Lipinski definition) is 3. The summed E-state index contributed by atoms with van der Waals surface area (Å²) in [6, 6.07) is 9.21. The fourth-order valence-corrected chi connectivity index (χ4v) is 2.74. The predicted octanol–water partition coefficient (Wildman–Crippen LogP) is 3.62. The zero-order valence-electron chi connectivity index (χ0n) is 16.0. The van der Waals surface area contributed by atoms with Crippen molar-refractivity contribution in [3.63, 3.8) is 0 Å². The van der Waals surface area contributed by atoms with Crippen LogP contribution in [0, 0.1) is 18.7 Å². The Morgan fingerprint density at radius 1 is 1.11 bits per heavy atom. The second-order valence-electron chi connectivity index (χ2n) is 6.96. The van der Waals surface area contributed by atoms with Crippen LogP contribution in [-0.2, 0) is 4.79 Å². The molecule has 0 spiro atoms. The number of halogens is 1. The van der Waals surface area contributed by atoms with Crippen LogP contribution in [-0.4, -0.2) is 28.9 Å². The Labute approximate surface area is 162 Å². The third-order valence-corrected chi connectivity index (χ3v) is 4.19. The molecule has 0 bridgehead atoms. The van der Waals surface area contributed by atoms with Gasteiger partial charge in [0.2, 0.25) is 5.91 Å². The number of amides is 2. The average Bonchev–Trinajstić information content (AvgIpc) is 2.62. The lowest BCUT2D eigenvalue weighted by Gasteiger charge is -2.21. The Kier molecular flexibility index (Phi) is 6.87. The SMILES string of the molecule is Cc1ccccc1C(=O)NC(CC(C)C)C(=O)Nc1cc(C(=O)O)ccc1F. The van der Waals surface area contributed by atoms with Crippen molar-refractivity contribution in [3.05, 3.63) is 65.0 Å². The summed E-state index contributed by atoms with van der Waals surface area (Å²) >= 11 is 0. The molecule has 0 aromatic heterocycles. The molecule has 2 aromatic rings. The third kappa shape index (κ3) is 5.39. The molecule has 148 valence electrons. The zero-order chi connectivity index (χ0) is 20.8. The van der Waals surface area contributed by atoms with Crippen LogP contribution in [0.4, 0.5) is 10.1 Å². The first kappa shape index (κ1) is 21.1. The number of rotatable bonds is 7. The topological polar surface area (TPSA) is 95.5 Å². The quantitative estimate of drug-likeness (QED) is 0.677. The van der Waals surface area contributed by atoms with E-state index in [0.717, 1.165) is 23.8 Å². The van der Waals surface area contributed by atoms with Crippen LogP contribution in [0.1, 0.15) is 46.5 Å². The summed E-state index contributed by atoms with van der Waals surface area (Å²) in [7, 11) is 0. The molecule has 2 aromatic carbocycles. The summed E-state index contributed by atoms with van der Waals surface area (Å²) < 4.78 is 14.0. The Hall–Kier alpha value is -3.22. The Balaban J connectivity index is 2.22. The van der Waals surface area contributed by atoms with E-state index in [9.17, 15) is 18.8 Å². The number of aryl methyl sites for hydroxylation is 1. The fourth-order valence-electron chi connectivity index (χ4n) is 2.74. The molecule has 2 amide bonds. The van der Waals surface area contributed by atoms with Gasteiger partial charge in [0.1, 0.15) is 11.9 Å². The van der Waals surface area contributed by atoms with E-state index in [0.29, 0.717) is 12.0 Å². The molecule has 1 unspecified atom stereocenters. The number of carbonyl (C=O) groups excluding carboxylic acids is 2. The fraction of sp³-hybridized carbons (Fsp3) is 0.286. The smallest absolute Gasteiger partial charge is 0.335 e. The van der Waals surface area contributed by atoms with Crippen LogP contribution in [0.25, 0.3) is 0 Å². The van der Waals surface area contributed by atoms with Crippen LogP contribution >= 0.6 is 0 Å². The van der Waals surface area contributed by atoms with Gasteiger partial charge in [-0.05, 0) is 49.1 Å². The first-order valence-corrected chi connectivity index (χ1v) is 8.89. The lowest BCUT2D eigenvalue weighted by Crippen LogP contribution is -2.44. The minimum Gasteiger partial charge on any atom is -0.478 e. The Morgan fingerprint density at radius 3 is 2.39 bits per heavy atom. The maximum absolute atomic E-state index is 14.0. The maximum atomic E-state index is 14.0. The summed E-state index contributed by atoms with van der Waals surface area (Å²) in [5.41, 5.74) is 0.817. The molecule has 2 rings (SSSR count). The van der Waals surface area contributed by atoms with Gasteiger partial charge in [0.05, 0.1) is 11.3 Å². The van der Waals surface area contributed by atoms with E-state index in [4.69, 9.17) is 5.11 Å². The highest BCUT2D eigenvalue weighted by atomic mass is 19.1. The van der Waals surface area contributed by atoms with Crippen LogP contribution < -0.4 is 10.6 Å². The molecule has 0 heterocycles. The molecule has 7 heteroatoms. The van der Waals surface area contributed by atoms with Crippen molar-refractivity contribution in [2.75, 3.05) is 5.32 Å². The van der Waals surface area contributed by atoms with Crippen molar-refractivity contribution in [1.82, 2.24) is 5.32 Å². The molecular formula is C21H23FN2O4. The van der Waals surface area contributed by atoms with Crippen molar-refractivity contribution < 1.29 is 23.9 Å². The summed E-state index contributed by atoms with van der Waals surface area (Å²) in [5.74, 6) is -2.92. The Bertz CT molecular complexity index is 896. The highest BCUT2D eigenvalue weighted by molar-refractivity contribution is 6.02. The van der Waals surface area contributed by atoms with Crippen LogP contribution in [0.3, 0.4) is 0 Å². The first-order valence-electron chi connectivity index (χ1n) is 8.89. The molecule has 0 saturated heterocycles. The highest BCUT2D eigenvalue weighted by Gasteiger charge is 2.24. The molecule has 0 fully saturated rings. The van der Waals surface area contributed by atoms with Gasteiger partial charge >= 0.3 is 5.97 Å².